The van der Waals surface area contributed by atoms with Crippen LogP contribution in [-0.4, -0.2) is 34.4 Å². The van der Waals surface area contributed by atoms with Crippen molar-refractivity contribution in [2.75, 3.05) is 28.1 Å². The molecule has 0 fully saturated rings. The summed E-state index contributed by atoms with van der Waals surface area (Å²) in [6.45, 7) is 0.258. The monoisotopic (exact) mass is 240 g/mol. The van der Waals surface area contributed by atoms with Crippen molar-refractivity contribution in [3.05, 3.63) is 23.8 Å². The Hall–Kier alpha value is -1.30. The van der Waals surface area contributed by atoms with Crippen LogP contribution in [0.15, 0.2) is 18.2 Å². The second-order valence-electron chi connectivity index (χ2n) is 3.61. The molecule has 5 nitrogen and oxygen atoms in total. The van der Waals surface area contributed by atoms with Gasteiger partial charge in [0.2, 0.25) is 6.79 Å². The van der Waals surface area contributed by atoms with Crippen LogP contribution in [0.5, 0.6) is 11.5 Å². The Morgan fingerprint density at radius 2 is 1.71 bits per heavy atom. The minimum Gasteiger partial charge on any atom is -0.454 e. The van der Waals surface area contributed by atoms with Gasteiger partial charge in [-0.2, -0.15) is 0 Å². The molecule has 5 heteroatoms. The summed E-state index contributed by atoms with van der Waals surface area (Å²) in [5.74, 6) is 1.46. The Labute approximate surface area is 100 Å². The first-order valence-electron chi connectivity index (χ1n) is 5.28. The molecule has 0 saturated heterocycles. The van der Waals surface area contributed by atoms with E-state index in [1.54, 1.807) is 21.3 Å². The van der Waals surface area contributed by atoms with Gasteiger partial charge in [-0.15, -0.1) is 0 Å². The SMILES string of the molecule is COC(OC)C(OC)c1ccc2c(c1)OCO2. The molecule has 0 spiro atoms. The van der Waals surface area contributed by atoms with E-state index in [9.17, 15) is 0 Å². The molecule has 1 unspecified atom stereocenters. The molecule has 0 N–H and O–H groups in total. The molecule has 94 valence electrons. The minimum atomic E-state index is -0.458. The summed E-state index contributed by atoms with van der Waals surface area (Å²) in [5.41, 5.74) is 0.922. The molecule has 1 heterocycles. The van der Waals surface area contributed by atoms with Gasteiger partial charge < -0.3 is 23.7 Å². The number of benzene rings is 1. The molecular weight excluding hydrogens is 224 g/mol. The van der Waals surface area contributed by atoms with Crippen LogP contribution >= 0.6 is 0 Å². The van der Waals surface area contributed by atoms with E-state index in [0.29, 0.717) is 0 Å². The maximum atomic E-state index is 5.39. The summed E-state index contributed by atoms with van der Waals surface area (Å²) in [6.07, 6.45) is -0.764. The van der Waals surface area contributed by atoms with Gasteiger partial charge in [0.15, 0.2) is 17.8 Å². The summed E-state index contributed by atoms with van der Waals surface area (Å²) in [7, 11) is 4.76. The quantitative estimate of drug-likeness (QED) is 0.733. The maximum absolute atomic E-state index is 5.39. The van der Waals surface area contributed by atoms with E-state index in [1.807, 2.05) is 18.2 Å². The average molecular weight is 240 g/mol. The zero-order chi connectivity index (χ0) is 12.3. The third-order valence-electron chi connectivity index (χ3n) is 2.69. The number of hydrogen-bond acceptors (Lipinski definition) is 5. The molecule has 2 rings (SSSR count). The second kappa shape index (κ2) is 5.35. The van der Waals surface area contributed by atoms with Crippen molar-refractivity contribution in [1.82, 2.24) is 0 Å². The van der Waals surface area contributed by atoms with E-state index in [1.165, 1.54) is 0 Å². The summed E-state index contributed by atoms with van der Waals surface area (Å²) >= 11 is 0. The third kappa shape index (κ3) is 2.36. The Morgan fingerprint density at radius 3 is 2.35 bits per heavy atom. The molecule has 0 saturated carbocycles. The molecule has 0 radical (unpaired) electrons. The fraction of sp³-hybridized carbons (Fsp3) is 0.500. The van der Waals surface area contributed by atoms with Crippen LogP contribution in [-0.2, 0) is 14.2 Å². The van der Waals surface area contributed by atoms with Crippen molar-refractivity contribution in [2.45, 2.75) is 12.4 Å². The van der Waals surface area contributed by atoms with Gasteiger partial charge in [-0.25, -0.2) is 0 Å². The predicted molar refractivity (Wildman–Crippen MR) is 60.1 cm³/mol. The van der Waals surface area contributed by atoms with Crippen molar-refractivity contribution in [3.8, 4) is 11.5 Å². The van der Waals surface area contributed by atoms with Gasteiger partial charge >= 0.3 is 0 Å². The van der Waals surface area contributed by atoms with Gasteiger partial charge in [-0.1, -0.05) is 6.07 Å². The van der Waals surface area contributed by atoms with Gasteiger partial charge in [-0.3, -0.25) is 0 Å². The van der Waals surface area contributed by atoms with Crippen LogP contribution in [0, 0.1) is 0 Å². The zero-order valence-corrected chi connectivity index (χ0v) is 10.1. The highest BCUT2D eigenvalue weighted by Crippen LogP contribution is 2.35. The number of methoxy groups -OCH3 is 3. The normalized spacial score (nSPS) is 15.3. The van der Waals surface area contributed by atoms with Crippen molar-refractivity contribution < 1.29 is 23.7 Å². The topological polar surface area (TPSA) is 46.2 Å². The molecular formula is C12H16O5. The number of hydrogen-bond donors (Lipinski definition) is 0. The van der Waals surface area contributed by atoms with Crippen molar-refractivity contribution >= 4 is 0 Å². The van der Waals surface area contributed by atoms with Crippen LogP contribution in [0.4, 0.5) is 0 Å². The summed E-state index contributed by atoms with van der Waals surface area (Å²) < 4.78 is 26.4. The van der Waals surface area contributed by atoms with E-state index in [0.717, 1.165) is 17.1 Å². The molecule has 17 heavy (non-hydrogen) atoms. The average Bonchev–Trinajstić information content (AvgIpc) is 2.82. The van der Waals surface area contributed by atoms with Crippen LogP contribution in [0.25, 0.3) is 0 Å². The third-order valence-corrected chi connectivity index (χ3v) is 2.69. The largest absolute Gasteiger partial charge is 0.454 e. The lowest BCUT2D eigenvalue weighted by Gasteiger charge is -2.23. The zero-order valence-electron chi connectivity index (χ0n) is 10.1. The van der Waals surface area contributed by atoms with E-state index < -0.39 is 6.29 Å². The van der Waals surface area contributed by atoms with Crippen LogP contribution in [0.2, 0.25) is 0 Å². The van der Waals surface area contributed by atoms with Gasteiger partial charge in [-0.05, 0) is 17.7 Å². The van der Waals surface area contributed by atoms with E-state index in [2.05, 4.69) is 0 Å². The molecule has 1 aliphatic rings. The second-order valence-corrected chi connectivity index (χ2v) is 3.61. The van der Waals surface area contributed by atoms with E-state index in [4.69, 9.17) is 23.7 Å². The Bertz CT molecular complexity index is 375. The first-order valence-corrected chi connectivity index (χ1v) is 5.28. The summed E-state index contributed by atoms with van der Waals surface area (Å²) in [5, 5.41) is 0. The van der Waals surface area contributed by atoms with Gasteiger partial charge in [0, 0.05) is 21.3 Å². The maximum Gasteiger partial charge on any atom is 0.231 e. The minimum absolute atomic E-state index is 0.258. The van der Waals surface area contributed by atoms with Gasteiger partial charge in [0.25, 0.3) is 0 Å². The Balaban J connectivity index is 2.25. The number of fused-ring (bicyclic) bond motifs is 1. The molecule has 1 aromatic carbocycles. The highest BCUT2D eigenvalue weighted by molar-refractivity contribution is 5.45. The molecule has 0 bridgehead atoms. The van der Waals surface area contributed by atoms with Crippen LogP contribution < -0.4 is 9.47 Å². The van der Waals surface area contributed by atoms with Crippen LogP contribution in [0.1, 0.15) is 11.7 Å². The lowest BCUT2D eigenvalue weighted by molar-refractivity contribution is -0.175. The van der Waals surface area contributed by atoms with Gasteiger partial charge in [0.05, 0.1) is 0 Å². The molecule has 0 aromatic heterocycles. The highest BCUT2D eigenvalue weighted by Gasteiger charge is 2.25. The van der Waals surface area contributed by atoms with Gasteiger partial charge in [0.1, 0.15) is 6.10 Å². The Morgan fingerprint density at radius 1 is 1.00 bits per heavy atom. The molecule has 1 atom stereocenters. The van der Waals surface area contributed by atoms with Crippen molar-refractivity contribution in [2.24, 2.45) is 0 Å². The molecule has 0 amide bonds. The lowest BCUT2D eigenvalue weighted by Crippen LogP contribution is -2.24. The van der Waals surface area contributed by atoms with E-state index in [-0.39, 0.29) is 12.9 Å². The lowest BCUT2D eigenvalue weighted by atomic mass is 10.1. The summed E-state index contributed by atoms with van der Waals surface area (Å²) in [6, 6.07) is 5.64. The molecule has 0 aliphatic carbocycles. The number of ether oxygens (including phenoxy) is 5. The predicted octanol–water partition coefficient (Wildman–Crippen LogP) is 1.72. The number of rotatable bonds is 5. The van der Waals surface area contributed by atoms with E-state index >= 15 is 0 Å². The van der Waals surface area contributed by atoms with Crippen molar-refractivity contribution in [1.29, 1.82) is 0 Å². The highest BCUT2D eigenvalue weighted by atomic mass is 16.7. The first-order chi connectivity index (χ1) is 8.30. The van der Waals surface area contributed by atoms with Crippen LogP contribution in [0.3, 0.4) is 0 Å². The Kier molecular flexibility index (Phi) is 3.83. The fourth-order valence-electron chi connectivity index (χ4n) is 1.84. The fourth-order valence-corrected chi connectivity index (χ4v) is 1.84. The molecule has 1 aliphatic heterocycles. The summed E-state index contributed by atoms with van der Waals surface area (Å²) in [4.78, 5) is 0. The smallest absolute Gasteiger partial charge is 0.231 e. The first kappa shape index (κ1) is 12.2. The molecule has 1 aromatic rings. The van der Waals surface area contributed by atoms with Crippen molar-refractivity contribution in [3.63, 3.8) is 0 Å². The standard InChI is InChI=1S/C12H16O5/c1-13-11(12(14-2)15-3)8-4-5-9-10(6-8)17-7-16-9/h4-6,11-12H,7H2,1-3H3.